The maximum atomic E-state index is 11.5. The number of rotatable bonds is 1. The van der Waals surface area contributed by atoms with Gasteiger partial charge in [0.25, 0.3) is 0 Å². The van der Waals surface area contributed by atoms with Gasteiger partial charge in [-0.1, -0.05) is 0 Å². The lowest BCUT2D eigenvalue weighted by Gasteiger charge is -1.99. The Labute approximate surface area is 79.2 Å². The Morgan fingerprint density at radius 2 is 1.92 bits per heavy atom. The van der Waals surface area contributed by atoms with Crippen LogP contribution < -0.4 is 0 Å². The van der Waals surface area contributed by atoms with Crippen LogP contribution in [0.1, 0.15) is 17.2 Å². The minimum Gasteiger partial charge on any atom is -0.268 e. The number of aromatic nitrogens is 2. The van der Waals surface area contributed by atoms with Crippen molar-refractivity contribution in [3.8, 4) is 0 Å². The lowest BCUT2D eigenvalue weighted by Crippen LogP contribution is -2.03. The highest BCUT2D eigenvalue weighted by molar-refractivity contribution is 8.00. The molecule has 0 fully saturated rings. The second-order valence-corrected chi connectivity index (χ2v) is 6.26. The maximum Gasteiger partial charge on any atom is 0.126 e. The Bertz CT molecular complexity index is 403. The lowest BCUT2D eigenvalue weighted by atomic mass is 10.3. The first-order chi connectivity index (χ1) is 5.87. The van der Waals surface area contributed by atoms with Gasteiger partial charge in [-0.2, -0.15) is 0 Å². The van der Waals surface area contributed by atoms with E-state index in [9.17, 15) is 4.21 Å². The molecule has 1 aromatic heterocycles. The number of nitrogens with zero attached hydrogens (tertiary/aromatic N) is 2. The summed E-state index contributed by atoms with van der Waals surface area (Å²) in [6, 6.07) is 1.83. The minimum absolute atomic E-state index is 0.718. The summed E-state index contributed by atoms with van der Waals surface area (Å²) in [6.45, 7) is 3.73. The Hall–Kier alpha value is -0.900. The zero-order chi connectivity index (χ0) is 10.1. The fourth-order valence-corrected chi connectivity index (χ4v) is 1.80. The average molecular weight is 198 g/mol. The van der Waals surface area contributed by atoms with Gasteiger partial charge in [0.15, 0.2) is 0 Å². The van der Waals surface area contributed by atoms with Gasteiger partial charge in [0.05, 0.1) is 5.69 Å². The Balaban J connectivity index is 3.25. The molecule has 4 heteroatoms. The van der Waals surface area contributed by atoms with Crippen LogP contribution in [-0.2, 0) is 9.52 Å². The third kappa shape index (κ3) is 3.55. The summed E-state index contributed by atoms with van der Waals surface area (Å²) in [5.41, 5.74) is 1.66. The molecule has 0 unspecified atom stereocenters. The molecule has 0 atom stereocenters. The molecule has 1 aromatic rings. The fourth-order valence-electron chi connectivity index (χ4n) is 1.10. The molecule has 0 saturated carbocycles. The van der Waals surface area contributed by atoms with Gasteiger partial charge in [0.2, 0.25) is 0 Å². The predicted molar refractivity (Wildman–Crippen MR) is 56.7 cm³/mol. The van der Waals surface area contributed by atoms with Crippen LogP contribution in [0.5, 0.6) is 0 Å². The predicted octanol–water partition coefficient (Wildman–Crippen LogP) is 0.788. The van der Waals surface area contributed by atoms with Crippen molar-refractivity contribution >= 4 is 14.9 Å². The molecular formula is C9H14N2OS. The molecule has 0 aliphatic rings. The van der Waals surface area contributed by atoms with Gasteiger partial charge in [0.1, 0.15) is 5.82 Å². The zero-order valence-electron chi connectivity index (χ0n) is 8.37. The van der Waals surface area contributed by atoms with Crippen molar-refractivity contribution in [2.75, 3.05) is 12.5 Å². The van der Waals surface area contributed by atoms with Crippen molar-refractivity contribution < 1.29 is 4.21 Å². The van der Waals surface area contributed by atoms with Crippen molar-refractivity contribution in [3.63, 3.8) is 0 Å². The van der Waals surface area contributed by atoms with Crippen molar-refractivity contribution in [2.24, 2.45) is 0 Å². The first-order valence-corrected chi connectivity index (χ1v) is 6.42. The number of aryl methyl sites for hydroxylation is 2. The largest absolute Gasteiger partial charge is 0.268 e. The first-order valence-electron chi connectivity index (χ1n) is 3.98. The Morgan fingerprint density at radius 3 is 2.38 bits per heavy atom. The fraction of sp³-hybridized carbons (Fsp3) is 0.444. The van der Waals surface area contributed by atoms with Crippen LogP contribution in [0.15, 0.2) is 6.07 Å². The van der Waals surface area contributed by atoms with E-state index in [1.54, 1.807) is 17.9 Å². The summed E-state index contributed by atoms with van der Waals surface area (Å²) in [5, 5.41) is 1.69. The van der Waals surface area contributed by atoms with Crippen molar-refractivity contribution in [2.45, 2.75) is 13.8 Å². The maximum absolute atomic E-state index is 11.5. The van der Waals surface area contributed by atoms with E-state index >= 15 is 0 Å². The molecule has 13 heavy (non-hydrogen) atoms. The Morgan fingerprint density at radius 1 is 1.31 bits per heavy atom. The monoisotopic (exact) mass is 198 g/mol. The van der Waals surface area contributed by atoms with Crippen molar-refractivity contribution in [3.05, 3.63) is 23.3 Å². The summed E-state index contributed by atoms with van der Waals surface area (Å²) in [6.07, 6.45) is 3.39. The number of hydrogen-bond donors (Lipinski definition) is 0. The summed E-state index contributed by atoms with van der Waals surface area (Å²) in [7, 11) is -1.88. The molecular weight excluding hydrogens is 184 g/mol. The second kappa shape index (κ2) is 3.46. The molecule has 0 aliphatic carbocycles. The van der Waals surface area contributed by atoms with Crippen molar-refractivity contribution in [1.29, 1.82) is 0 Å². The zero-order valence-corrected chi connectivity index (χ0v) is 9.18. The average Bonchev–Trinajstić information content (AvgIpc) is 1.78. The van der Waals surface area contributed by atoms with Crippen molar-refractivity contribution in [1.82, 2.24) is 9.97 Å². The summed E-state index contributed by atoms with van der Waals surface area (Å²) in [5.74, 6) is 0.718. The molecule has 0 N–H and O–H groups in total. The van der Waals surface area contributed by atoms with Gasteiger partial charge in [-0.25, -0.2) is 9.97 Å². The highest BCUT2D eigenvalue weighted by atomic mass is 32.2. The normalized spacial score (nSPS) is 11.4. The van der Waals surface area contributed by atoms with E-state index in [1.807, 2.05) is 19.9 Å². The van der Waals surface area contributed by atoms with Crippen LogP contribution in [0.25, 0.3) is 0 Å². The van der Waals surface area contributed by atoms with E-state index < -0.39 is 9.52 Å². The Kier molecular flexibility index (Phi) is 2.71. The standard InChI is InChI=1S/C9H14N2OS/c1-7-5-9(6-13(3,4)12)11-8(2)10-7/h5-6H,1-4H3. The molecule has 1 rings (SSSR count). The third-order valence-corrected chi connectivity index (χ3v) is 2.20. The van der Waals surface area contributed by atoms with Crippen LogP contribution in [0.4, 0.5) is 0 Å². The summed E-state index contributed by atoms with van der Waals surface area (Å²) < 4.78 is 11.5. The number of hydrogen-bond acceptors (Lipinski definition) is 3. The molecule has 1 heterocycles. The molecule has 0 amide bonds. The topological polar surface area (TPSA) is 42.9 Å². The van der Waals surface area contributed by atoms with Crippen LogP contribution >= 0.6 is 0 Å². The third-order valence-electron chi connectivity index (χ3n) is 1.39. The summed E-state index contributed by atoms with van der Waals surface area (Å²) >= 11 is 0. The van der Waals surface area contributed by atoms with Crippen LogP contribution in [0.3, 0.4) is 0 Å². The molecule has 0 aromatic carbocycles. The van der Waals surface area contributed by atoms with E-state index in [1.165, 1.54) is 0 Å². The van der Waals surface area contributed by atoms with E-state index in [4.69, 9.17) is 0 Å². The molecule has 0 bridgehead atoms. The van der Waals surface area contributed by atoms with Gasteiger partial charge >= 0.3 is 0 Å². The van der Waals surface area contributed by atoms with Gasteiger partial charge in [-0.05, 0) is 29.4 Å². The quantitative estimate of drug-likeness (QED) is 0.626. The highest BCUT2D eigenvalue weighted by Gasteiger charge is 1.97. The van der Waals surface area contributed by atoms with Gasteiger partial charge < -0.3 is 0 Å². The SMILES string of the molecule is Cc1cc(C=S(C)(C)=O)nc(C)n1. The van der Waals surface area contributed by atoms with E-state index in [2.05, 4.69) is 9.97 Å². The van der Waals surface area contributed by atoms with Gasteiger partial charge in [0, 0.05) is 23.6 Å². The van der Waals surface area contributed by atoms with E-state index in [0.29, 0.717) is 0 Å². The summed E-state index contributed by atoms with van der Waals surface area (Å²) in [4.78, 5) is 8.31. The van der Waals surface area contributed by atoms with Gasteiger partial charge in [-0.15, -0.1) is 0 Å². The lowest BCUT2D eigenvalue weighted by molar-refractivity contribution is 0.688. The second-order valence-electron chi connectivity index (χ2n) is 3.41. The molecule has 0 radical (unpaired) electrons. The highest BCUT2D eigenvalue weighted by Crippen LogP contribution is 1.98. The molecule has 72 valence electrons. The smallest absolute Gasteiger partial charge is 0.126 e. The molecule has 3 nitrogen and oxygen atoms in total. The molecule has 0 spiro atoms. The van der Waals surface area contributed by atoms with Crippen LogP contribution in [0.2, 0.25) is 0 Å². The van der Waals surface area contributed by atoms with Gasteiger partial charge in [-0.3, -0.25) is 4.21 Å². The minimum atomic E-state index is -1.88. The van der Waals surface area contributed by atoms with Crippen LogP contribution in [-0.4, -0.2) is 32.1 Å². The molecule has 0 aliphatic heterocycles. The first kappa shape index (κ1) is 10.2. The van der Waals surface area contributed by atoms with E-state index in [0.717, 1.165) is 17.2 Å². The molecule has 0 saturated heterocycles. The van der Waals surface area contributed by atoms with E-state index in [-0.39, 0.29) is 0 Å². The van der Waals surface area contributed by atoms with Crippen LogP contribution in [0, 0.1) is 13.8 Å².